The molecule has 0 amide bonds. The van der Waals surface area contributed by atoms with E-state index >= 15 is 0 Å². The standard InChI is InChI=1S/C11H11ClN6/c1-6(2)18-5-7(3-14-18)11-15-8-4-13-17-9(8)10(12)16-11/h3-6H,1-2H3,(H,13,17). The van der Waals surface area contributed by atoms with Crippen LogP contribution in [0.25, 0.3) is 22.4 Å². The van der Waals surface area contributed by atoms with Gasteiger partial charge in [0.1, 0.15) is 11.0 Å². The molecule has 3 aromatic rings. The van der Waals surface area contributed by atoms with E-state index in [0.717, 1.165) is 5.56 Å². The zero-order valence-corrected chi connectivity index (χ0v) is 10.7. The molecule has 0 bridgehead atoms. The molecule has 7 heteroatoms. The molecule has 0 unspecified atom stereocenters. The van der Waals surface area contributed by atoms with Crippen LogP contribution < -0.4 is 0 Å². The fraction of sp³-hybridized carbons (Fsp3) is 0.273. The number of hydrogen-bond acceptors (Lipinski definition) is 4. The van der Waals surface area contributed by atoms with E-state index in [1.54, 1.807) is 12.4 Å². The Hall–Kier alpha value is -1.95. The van der Waals surface area contributed by atoms with Crippen molar-refractivity contribution in [1.29, 1.82) is 0 Å². The molecule has 0 aliphatic rings. The molecule has 92 valence electrons. The maximum Gasteiger partial charge on any atom is 0.164 e. The highest BCUT2D eigenvalue weighted by atomic mass is 35.5. The van der Waals surface area contributed by atoms with Crippen LogP contribution in [0.1, 0.15) is 19.9 Å². The zero-order chi connectivity index (χ0) is 12.7. The Morgan fingerprint density at radius 3 is 2.83 bits per heavy atom. The van der Waals surface area contributed by atoms with Gasteiger partial charge < -0.3 is 0 Å². The van der Waals surface area contributed by atoms with Gasteiger partial charge in [-0.1, -0.05) is 11.6 Å². The van der Waals surface area contributed by atoms with Crippen LogP contribution in [0.15, 0.2) is 18.6 Å². The molecule has 3 rings (SSSR count). The number of nitrogens with zero attached hydrogens (tertiary/aromatic N) is 5. The summed E-state index contributed by atoms with van der Waals surface area (Å²) in [5, 5.41) is 11.3. The molecule has 0 saturated heterocycles. The summed E-state index contributed by atoms with van der Waals surface area (Å²) in [6.07, 6.45) is 5.26. The summed E-state index contributed by atoms with van der Waals surface area (Å²) < 4.78 is 1.85. The van der Waals surface area contributed by atoms with Crippen LogP contribution in [0.3, 0.4) is 0 Å². The lowest BCUT2D eigenvalue weighted by atomic mass is 10.3. The Bertz CT molecular complexity index is 698. The van der Waals surface area contributed by atoms with Crippen LogP contribution in [0.4, 0.5) is 0 Å². The van der Waals surface area contributed by atoms with Crippen molar-refractivity contribution in [3.8, 4) is 11.4 Å². The fourth-order valence-corrected chi connectivity index (χ4v) is 1.89. The maximum atomic E-state index is 6.07. The first-order valence-corrected chi connectivity index (χ1v) is 5.94. The van der Waals surface area contributed by atoms with E-state index in [1.165, 1.54) is 0 Å². The molecular formula is C11H11ClN6. The van der Waals surface area contributed by atoms with Crippen LogP contribution in [0.2, 0.25) is 5.15 Å². The monoisotopic (exact) mass is 262 g/mol. The second-order valence-corrected chi connectivity index (χ2v) is 4.63. The molecule has 0 atom stereocenters. The van der Waals surface area contributed by atoms with E-state index in [4.69, 9.17) is 11.6 Å². The van der Waals surface area contributed by atoms with Crippen molar-refractivity contribution in [2.45, 2.75) is 19.9 Å². The topological polar surface area (TPSA) is 72.3 Å². The average Bonchev–Trinajstić information content (AvgIpc) is 2.97. The third-order valence-electron chi connectivity index (χ3n) is 2.64. The number of halogens is 1. The molecular weight excluding hydrogens is 252 g/mol. The SMILES string of the molecule is CC(C)n1cc(-c2nc(Cl)c3[nH]ncc3n2)cn1. The summed E-state index contributed by atoms with van der Waals surface area (Å²) >= 11 is 6.07. The van der Waals surface area contributed by atoms with Crippen LogP contribution in [0, 0.1) is 0 Å². The van der Waals surface area contributed by atoms with E-state index < -0.39 is 0 Å². The minimum Gasteiger partial charge on any atom is -0.273 e. The Labute approximate surface area is 108 Å². The van der Waals surface area contributed by atoms with Crippen LogP contribution in [-0.4, -0.2) is 29.9 Å². The molecule has 0 radical (unpaired) electrons. The van der Waals surface area contributed by atoms with Gasteiger partial charge in [0.05, 0.1) is 18.0 Å². The molecule has 0 aliphatic carbocycles. The van der Waals surface area contributed by atoms with Gasteiger partial charge in [-0.2, -0.15) is 10.2 Å². The largest absolute Gasteiger partial charge is 0.273 e. The molecule has 3 heterocycles. The van der Waals surface area contributed by atoms with Gasteiger partial charge in [-0.05, 0) is 13.8 Å². The minimum absolute atomic E-state index is 0.298. The first-order chi connectivity index (χ1) is 8.65. The van der Waals surface area contributed by atoms with Crippen molar-refractivity contribution in [1.82, 2.24) is 29.9 Å². The molecule has 18 heavy (non-hydrogen) atoms. The lowest BCUT2D eigenvalue weighted by Gasteiger charge is -2.03. The Morgan fingerprint density at radius 1 is 1.28 bits per heavy atom. The number of nitrogens with one attached hydrogen (secondary N) is 1. The summed E-state index contributed by atoms with van der Waals surface area (Å²) in [6, 6.07) is 0.298. The smallest absolute Gasteiger partial charge is 0.164 e. The maximum absolute atomic E-state index is 6.07. The van der Waals surface area contributed by atoms with Crippen molar-refractivity contribution in [2.24, 2.45) is 0 Å². The van der Waals surface area contributed by atoms with Gasteiger partial charge in [0.2, 0.25) is 0 Å². The summed E-state index contributed by atoms with van der Waals surface area (Å²) in [6.45, 7) is 4.12. The molecule has 0 spiro atoms. The zero-order valence-electron chi connectivity index (χ0n) is 9.92. The molecule has 0 aromatic carbocycles. The van der Waals surface area contributed by atoms with Crippen molar-refractivity contribution in [3.63, 3.8) is 0 Å². The van der Waals surface area contributed by atoms with E-state index in [1.807, 2.05) is 10.9 Å². The number of aromatic nitrogens is 6. The van der Waals surface area contributed by atoms with Gasteiger partial charge in [-0.25, -0.2) is 9.97 Å². The quantitative estimate of drug-likeness (QED) is 0.720. The predicted octanol–water partition coefficient (Wildman–Crippen LogP) is 2.45. The highest BCUT2D eigenvalue weighted by Gasteiger charge is 2.11. The number of aromatic amines is 1. The predicted molar refractivity (Wildman–Crippen MR) is 68.3 cm³/mol. The number of fused-ring (bicyclic) bond motifs is 1. The van der Waals surface area contributed by atoms with E-state index in [0.29, 0.717) is 28.1 Å². The number of hydrogen-bond donors (Lipinski definition) is 1. The van der Waals surface area contributed by atoms with Gasteiger partial charge >= 0.3 is 0 Å². The first-order valence-electron chi connectivity index (χ1n) is 5.56. The minimum atomic E-state index is 0.298. The van der Waals surface area contributed by atoms with Gasteiger partial charge in [0.15, 0.2) is 11.0 Å². The Morgan fingerprint density at radius 2 is 2.11 bits per heavy atom. The lowest BCUT2D eigenvalue weighted by Crippen LogP contribution is -1.99. The normalized spacial score (nSPS) is 11.6. The van der Waals surface area contributed by atoms with Crippen molar-refractivity contribution < 1.29 is 0 Å². The summed E-state index contributed by atoms with van der Waals surface area (Å²) in [5.74, 6) is 0.556. The van der Waals surface area contributed by atoms with Gasteiger partial charge in [-0.3, -0.25) is 9.78 Å². The Balaban J connectivity index is 2.12. The van der Waals surface area contributed by atoms with Crippen molar-refractivity contribution in [2.75, 3.05) is 0 Å². The lowest BCUT2D eigenvalue weighted by molar-refractivity contribution is 0.532. The highest BCUT2D eigenvalue weighted by molar-refractivity contribution is 6.33. The molecule has 0 saturated carbocycles. The first kappa shape index (κ1) is 11.2. The molecule has 3 aromatic heterocycles. The Kier molecular flexibility index (Phi) is 2.52. The summed E-state index contributed by atoms with van der Waals surface area (Å²) in [4.78, 5) is 8.64. The van der Waals surface area contributed by atoms with Crippen LogP contribution in [-0.2, 0) is 0 Å². The van der Waals surface area contributed by atoms with Crippen LogP contribution in [0.5, 0.6) is 0 Å². The van der Waals surface area contributed by atoms with Crippen LogP contribution >= 0.6 is 11.6 Å². The van der Waals surface area contributed by atoms with Crippen molar-refractivity contribution in [3.05, 3.63) is 23.7 Å². The van der Waals surface area contributed by atoms with E-state index in [2.05, 4.69) is 39.1 Å². The van der Waals surface area contributed by atoms with Gasteiger partial charge in [0.25, 0.3) is 0 Å². The van der Waals surface area contributed by atoms with Crippen molar-refractivity contribution >= 4 is 22.6 Å². The van der Waals surface area contributed by atoms with E-state index in [9.17, 15) is 0 Å². The van der Waals surface area contributed by atoms with Gasteiger partial charge in [0, 0.05) is 12.2 Å². The third-order valence-corrected chi connectivity index (χ3v) is 2.92. The second kappa shape index (κ2) is 4.06. The fourth-order valence-electron chi connectivity index (χ4n) is 1.67. The summed E-state index contributed by atoms with van der Waals surface area (Å²) in [5.41, 5.74) is 2.19. The average molecular weight is 263 g/mol. The molecule has 0 aliphatic heterocycles. The van der Waals surface area contributed by atoms with E-state index in [-0.39, 0.29) is 0 Å². The highest BCUT2D eigenvalue weighted by Crippen LogP contribution is 2.23. The third kappa shape index (κ3) is 1.74. The molecule has 0 fully saturated rings. The second-order valence-electron chi connectivity index (χ2n) is 4.27. The molecule has 6 nitrogen and oxygen atoms in total. The molecule has 1 N–H and O–H groups in total. The van der Waals surface area contributed by atoms with Gasteiger partial charge in [-0.15, -0.1) is 0 Å². The summed E-state index contributed by atoms with van der Waals surface area (Å²) in [7, 11) is 0. The number of rotatable bonds is 2. The number of H-pyrrole nitrogens is 1.